The van der Waals surface area contributed by atoms with E-state index in [2.05, 4.69) is 23.5 Å². The van der Waals surface area contributed by atoms with Crippen LogP contribution in [0.4, 0.5) is 4.39 Å². The highest BCUT2D eigenvalue weighted by atomic mass is 35.5. The number of rotatable bonds is 10. The van der Waals surface area contributed by atoms with Crippen molar-refractivity contribution in [2.45, 2.75) is 24.4 Å². The van der Waals surface area contributed by atoms with Gasteiger partial charge in [-0.2, -0.15) is 5.10 Å². The van der Waals surface area contributed by atoms with E-state index in [4.69, 9.17) is 26.1 Å². The number of ether oxygens (including phenoxy) is 2. The first-order valence-electron chi connectivity index (χ1n) is 12.4. The third-order valence-electron chi connectivity index (χ3n) is 6.52. The van der Waals surface area contributed by atoms with Crippen LogP contribution in [0.15, 0.2) is 96.5 Å². The van der Waals surface area contributed by atoms with Gasteiger partial charge in [0.05, 0.1) is 36.3 Å². The van der Waals surface area contributed by atoms with Gasteiger partial charge >= 0.3 is 0 Å². The fourth-order valence-electron chi connectivity index (χ4n) is 4.32. The molecule has 200 valence electrons. The van der Waals surface area contributed by atoms with Crippen LogP contribution in [0.25, 0.3) is 11.4 Å². The quantitative estimate of drug-likeness (QED) is 0.131. The molecular weight excluding hydrogens is 535 g/mol. The zero-order valence-corrected chi connectivity index (χ0v) is 23.4. The normalized spacial score (nSPS) is 11.5. The fraction of sp³-hybridized carbons (Fsp3) is 0.200. The standard InChI is InChI=1S/C30H28ClFN4O2S/c1-30(2,21-5-14-26(31)27(19-21)37-3)28-20-33-29(36(28)24-8-6-22(32)7-9-24)39-18-17-38-25-12-10-23(11-13-25)35-16-4-15-34-35/h4-16,19-20H,17-18H2,1-3H3. The smallest absolute Gasteiger partial charge is 0.172 e. The molecule has 0 unspecified atom stereocenters. The molecule has 2 heterocycles. The lowest BCUT2D eigenvalue weighted by molar-refractivity contribution is 0.344. The number of methoxy groups -OCH3 is 1. The van der Waals surface area contributed by atoms with E-state index in [-0.39, 0.29) is 5.82 Å². The SMILES string of the molecule is COc1cc(C(C)(C)c2cnc(SCCOc3ccc(-n4cccn4)cc3)n2-c2ccc(F)cc2)ccc1Cl. The molecule has 0 atom stereocenters. The summed E-state index contributed by atoms with van der Waals surface area (Å²) in [6.07, 6.45) is 5.52. The van der Waals surface area contributed by atoms with E-state index in [1.165, 1.54) is 12.1 Å². The van der Waals surface area contributed by atoms with E-state index in [0.29, 0.717) is 23.1 Å². The number of thioether (sulfide) groups is 1. The van der Waals surface area contributed by atoms with Crippen molar-refractivity contribution in [3.8, 4) is 22.9 Å². The van der Waals surface area contributed by atoms with Gasteiger partial charge in [0, 0.05) is 29.2 Å². The molecule has 0 spiro atoms. The zero-order chi connectivity index (χ0) is 27.4. The molecule has 0 amide bonds. The van der Waals surface area contributed by atoms with Gasteiger partial charge in [-0.15, -0.1) is 0 Å². The van der Waals surface area contributed by atoms with Crippen LogP contribution >= 0.6 is 23.4 Å². The summed E-state index contributed by atoms with van der Waals surface area (Å²) in [5.74, 6) is 1.78. The number of halogens is 2. The molecule has 0 fully saturated rings. The van der Waals surface area contributed by atoms with Crippen LogP contribution in [-0.4, -0.2) is 38.8 Å². The Morgan fingerprint density at radius 2 is 1.74 bits per heavy atom. The van der Waals surface area contributed by atoms with Gasteiger partial charge in [-0.3, -0.25) is 4.57 Å². The Bertz CT molecular complexity index is 1530. The fourth-order valence-corrected chi connectivity index (χ4v) is 5.33. The first-order valence-corrected chi connectivity index (χ1v) is 13.8. The summed E-state index contributed by atoms with van der Waals surface area (Å²) in [6, 6.07) is 21.9. The van der Waals surface area contributed by atoms with E-state index in [0.717, 1.165) is 33.5 Å². The maximum Gasteiger partial charge on any atom is 0.172 e. The van der Waals surface area contributed by atoms with E-state index in [1.807, 2.05) is 60.9 Å². The third kappa shape index (κ3) is 5.82. The number of nitrogens with zero attached hydrogens (tertiary/aromatic N) is 4. The van der Waals surface area contributed by atoms with E-state index in [1.54, 1.807) is 41.9 Å². The highest BCUT2D eigenvalue weighted by molar-refractivity contribution is 7.99. The zero-order valence-electron chi connectivity index (χ0n) is 21.8. The number of hydrogen-bond acceptors (Lipinski definition) is 5. The van der Waals surface area contributed by atoms with Crippen LogP contribution < -0.4 is 9.47 Å². The maximum absolute atomic E-state index is 13.8. The second-order valence-corrected chi connectivity index (χ2v) is 10.8. The molecular formula is C30H28ClFN4O2S. The Balaban J connectivity index is 1.36. The molecule has 9 heteroatoms. The number of hydrogen-bond donors (Lipinski definition) is 0. The van der Waals surface area contributed by atoms with Gasteiger partial charge in [-0.25, -0.2) is 14.1 Å². The second kappa shape index (κ2) is 11.6. The molecule has 5 aromatic rings. The van der Waals surface area contributed by atoms with Crippen molar-refractivity contribution >= 4 is 23.4 Å². The van der Waals surface area contributed by atoms with Gasteiger partial charge in [0.15, 0.2) is 5.16 Å². The number of benzene rings is 3. The van der Waals surface area contributed by atoms with Gasteiger partial charge < -0.3 is 9.47 Å². The van der Waals surface area contributed by atoms with Crippen molar-refractivity contribution in [3.63, 3.8) is 0 Å². The number of imidazole rings is 1. The van der Waals surface area contributed by atoms with Crippen LogP contribution in [0, 0.1) is 5.82 Å². The molecule has 0 aliphatic heterocycles. The summed E-state index contributed by atoms with van der Waals surface area (Å²) in [5.41, 5.74) is 3.32. The third-order valence-corrected chi connectivity index (χ3v) is 7.75. The predicted molar refractivity (Wildman–Crippen MR) is 153 cm³/mol. The molecule has 0 saturated carbocycles. The van der Waals surface area contributed by atoms with Gasteiger partial charge in [-0.05, 0) is 72.3 Å². The molecule has 0 saturated heterocycles. The summed E-state index contributed by atoms with van der Waals surface area (Å²) in [6.45, 7) is 4.74. The molecule has 0 N–H and O–H groups in total. The average Bonchev–Trinajstić information content (AvgIpc) is 3.63. The Morgan fingerprint density at radius 1 is 1.00 bits per heavy atom. The van der Waals surface area contributed by atoms with E-state index < -0.39 is 5.41 Å². The molecule has 0 radical (unpaired) electrons. The molecule has 0 aliphatic rings. The Morgan fingerprint density at radius 3 is 2.44 bits per heavy atom. The summed E-state index contributed by atoms with van der Waals surface area (Å²) < 4.78 is 29.1. The summed E-state index contributed by atoms with van der Waals surface area (Å²) >= 11 is 7.87. The van der Waals surface area contributed by atoms with Crippen molar-refractivity contribution in [3.05, 3.63) is 113 Å². The first kappa shape index (κ1) is 26.8. The highest BCUT2D eigenvalue weighted by Crippen LogP contribution is 2.38. The minimum atomic E-state index is -0.453. The van der Waals surface area contributed by atoms with Gasteiger partial charge in [0.2, 0.25) is 0 Å². The van der Waals surface area contributed by atoms with Crippen molar-refractivity contribution in [2.24, 2.45) is 0 Å². The number of aromatic nitrogens is 4. The molecule has 3 aromatic carbocycles. The summed E-state index contributed by atoms with van der Waals surface area (Å²) in [4.78, 5) is 4.76. The Hall–Kier alpha value is -3.75. The minimum absolute atomic E-state index is 0.289. The molecule has 0 bridgehead atoms. The lowest BCUT2D eigenvalue weighted by atomic mass is 9.81. The van der Waals surface area contributed by atoms with Crippen LogP contribution in [0.5, 0.6) is 11.5 Å². The molecule has 39 heavy (non-hydrogen) atoms. The van der Waals surface area contributed by atoms with E-state index in [9.17, 15) is 4.39 Å². The Kier molecular flexibility index (Phi) is 7.95. The van der Waals surface area contributed by atoms with Gasteiger partial charge in [0.1, 0.15) is 17.3 Å². The molecule has 5 rings (SSSR count). The largest absolute Gasteiger partial charge is 0.495 e. The highest BCUT2D eigenvalue weighted by Gasteiger charge is 2.30. The molecule has 2 aromatic heterocycles. The summed E-state index contributed by atoms with van der Waals surface area (Å²) in [5, 5.41) is 5.59. The van der Waals surface area contributed by atoms with E-state index >= 15 is 0 Å². The van der Waals surface area contributed by atoms with Crippen LogP contribution in [0.2, 0.25) is 5.02 Å². The van der Waals surface area contributed by atoms with Crippen LogP contribution in [-0.2, 0) is 5.41 Å². The first-order chi connectivity index (χ1) is 18.9. The Labute approximate surface area is 236 Å². The molecule has 0 aliphatic carbocycles. The minimum Gasteiger partial charge on any atom is -0.495 e. The monoisotopic (exact) mass is 562 g/mol. The van der Waals surface area contributed by atoms with Gasteiger partial charge in [-0.1, -0.05) is 43.3 Å². The van der Waals surface area contributed by atoms with Crippen molar-refractivity contribution in [1.82, 2.24) is 19.3 Å². The van der Waals surface area contributed by atoms with Crippen molar-refractivity contribution in [2.75, 3.05) is 19.5 Å². The lowest BCUT2D eigenvalue weighted by Gasteiger charge is -2.28. The van der Waals surface area contributed by atoms with Gasteiger partial charge in [0.25, 0.3) is 0 Å². The van der Waals surface area contributed by atoms with Crippen LogP contribution in [0.1, 0.15) is 25.1 Å². The van der Waals surface area contributed by atoms with Crippen molar-refractivity contribution in [1.29, 1.82) is 0 Å². The predicted octanol–water partition coefficient (Wildman–Crippen LogP) is 7.36. The molecule has 6 nitrogen and oxygen atoms in total. The average molecular weight is 563 g/mol. The lowest BCUT2D eigenvalue weighted by Crippen LogP contribution is -2.23. The van der Waals surface area contributed by atoms with Crippen LogP contribution in [0.3, 0.4) is 0 Å². The second-order valence-electron chi connectivity index (χ2n) is 9.35. The summed E-state index contributed by atoms with van der Waals surface area (Å²) in [7, 11) is 1.60. The van der Waals surface area contributed by atoms with Crippen molar-refractivity contribution < 1.29 is 13.9 Å². The maximum atomic E-state index is 13.8. The topological polar surface area (TPSA) is 54.1 Å².